The maximum Gasteiger partial charge on any atom is 0.417 e. The summed E-state index contributed by atoms with van der Waals surface area (Å²) in [5.74, 6) is -0.511. The Morgan fingerprint density at radius 2 is 1.96 bits per heavy atom. The quantitative estimate of drug-likeness (QED) is 0.896. The van der Waals surface area contributed by atoms with Gasteiger partial charge in [-0.05, 0) is 48.2 Å². The summed E-state index contributed by atoms with van der Waals surface area (Å²) in [7, 11) is 0. The zero-order valence-corrected chi connectivity index (χ0v) is 13.2. The van der Waals surface area contributed by atoms with Gasteiger partial charge in [0.1, 0.15) is 5.82 Å². The van der Waals surface area contributed by atoms with Gasteiger partial charge in [0.15, 0.2) is 0 Å². The summed E-state index contributed by atoms with van der Waals surface area (Å²) in [4.78, 5) is 17.1. The van der Waals surface area contributed by atoms with Crippen LogP contribution in [-0.2, 0) is 18.1 Å². The number of anilines is 1. The Bertz CT molecular complexity index is 842. The van der Waals surface area contributed by atoms with E-state index in [1.807, 2.05) is 11.0 Å². The number of pyridine rings is 1. The molecule has 1 aliphatic carbocycles. The highest BCUT2D eigenvalue weighted by Crippen LogP contribution is 2.53. The number of hydrogen-bond donors (Lipinski definition) is 1. The number of alkyl halides is 3. The van der Waals surface area contributed by atoms with E-state index in [0.29, 0.717) is 18.9 Å². The van der Waals surface area contributed by atoms with Crippen molar-refractivity contribution in [1.82, 2.24) is 4.98 Å². The van der Waals surface area contributed by atoms with Crippen LogP contribution in [0.3, 0.4) is 0 Å². The highest BCUT2D eigenvalue weighted by Gasteiger charge is 2.49. The molecule has 0 saturated heterocycles. The first kappa shape index (κ1) is 15.9. The Morgan fingerprint density at radius 1 is 1.20 bits per heavy atom. The van der Waals surface area contributed by atoms with Crippen molar-refractivity contribution in [2.45, 2.75) is 31.0 Å². The summed E-state index contributed by atoms with van der Waals surface area (Å²) in [5.41, 5.74) is 1.47. The number of aromatic nitrogens is 1. The molecule has 4 nitrogen and oxygen atoms in total. The van der Waals surface area contributed by atoms with E-state index in [4.69, 9.17) is 0 Å². The van der Waals surface area contributed by atoms with Crippen LogP contribution in [0.5, 0.6) is 0 Å². The average Bonchev–Trinajstić information content (AvgIpc) is 3.33. The SMILES string of the molecule is O=C(O)c1ccc2c(c1)CN(c1ccc(C(F)(F)F)cn1)CC21CC1. The lowest BCUT2D eigenvalue weighted by atomic mass is 9.86. The average molecular weight is 348 g/mol. The van der Waals surface area contributed by atoms with Crippen molar-refractivity contribution in [2.24, 2.45) is 0 Å². The molecular formula is C18H15F3N2O2. The molecule has 1 saturated carbocycles. The van der Waals surface area contributed by atoms with Crippen molar-refractivity contribution in [3.05, 3.63) is 58.8 Å². The summed E-state index contributed by atoms with van der Waals surface area (Å²) < 4.78 is 38.1. The van der Waals surface area contributed by atoms with Gasteiger partial charge in [-0.3, -0.25) is 0 Å². The first-order valence-corrected chi connectivity index (χ1v) is 7.93. The molecule has 0 atom stereocenters. The van der Waals surface area contributed by atoms with Crippen molar-refractivity contribution in [1.29, 1.82) is 0 Å². The largest absolute Gasteiger partial charge is 0.478 e. The molecule has 1 spiro atoms. The molecule has 1 aromatic heterocycles. The lowest BCUT2D eigenvalue weighted by molar-refractivity contribution is -0.137. The number of carbonyl (C=O) groups is 1. The molecule has 25 heavy (non-hydrogen) atoms. The zero-order valence-electron chi connectivity index (χ0n) is 13.2. The first-order valence-electron chi connectivity index (χ1n) is 7.93. The molecule has 130 valence electrons. The molecule has 1 aliphatic heterocycles. The normalized spacial score (nSPS) is 18.1. The van der Waals surface area contributed by atoms with Gasteiger partial charge in [0, 0.05) is 24.7 Å². The van der Waals surface area contributed by atoms with Crippen LogP contribution in [0.1, 0.15) is 39.9 Å². The predicted molar refractivity (Wildman–Crippen MR) is 84.6 cm³/mol. The first-order chi connectivity index (χ1) is 11.8. The molecule has 2 heterocycles. The van der Waals surface area contributed by atoms with Gasteiger partial charge >= 0.3 is 12.1 Å². The number of hydrogen-bond acceptors (Lipinski definition) is 3. The second-order valence-electron chi connectivity index (χ2n) is 6.72. The fourth-order valence-corrected chi connectivity index (χ4v) is 3.57. The standard InChI is InChI=1S/C18H15F3N2O2/c19-18(20,21)13-2-4-15(22-8-13)23-9-12-7-11(16(24)25)1-3-14(12)17(10-23)5-6-17/h1-4,7-8H,5-6,9-10H2,(H,24,25). The summed E-state index contributed by atoms with van der Waals surface area (Å²) >= 11 is 0. The summed E-state index contributed by atoms with van der Waals surface area (Å²) in [5, 5.41) is 9.19. The lowest BCUT2D eigenvalue weighted by Crippen LogP contribution is -2.38. The van der Waals surface area contributed by atoms with Gasteiger partial charge in [-0.2, -0.15) is 13.2 Å². The molecule has 1 N–H and O–H groups in total. The number of rotatable bonds is 2. The van der Waals surface area contributed by atoms with Crippen LogP contribution < -0.4 is 4.90 Å². The Hall–Kier alpha value is -2.57. The molecule has 7 heteroatoms. The van der Waals surface area contributed by atoms with E-state index in [9.17, 15) is 23.1 Å². The second-order valence-corrected chi connectivity index (χ2v) is 6.72. The Kier molecular flexibility index (Phi) is 3.32. The number of carboxylic acids is 1. The predicted octanol–water partition coefficient (Wildman–Crippen LogP) is 3.85. The molecule has 0 bridgehead atoms. The molecular weight excluding hydrogens is 333 g/mol. The van der Waals surface area contributed by atoms with E-state index in [0.717, 1.165) is 36.2 Å². The van der Waals surface area contributed by atoms with Gasteiger partial charge in [0.2, 0.25) is 0 Å². The fourth-order valence-electron chi connectivity index (χ4n) is 3.57. The van der Waals surface area contributed by atoms with Crippen LogP contribution in [0, 0.1) is 0 Å². The van der Waals surface area contributed by atoms with Crippen molar-refractivity contribution in [2.75, 3.05) is 11.4 Å². The molecule has 0 unspecified atom stereocenters. The molecule has 2 aromatic rings. The highest BCUT2D eigenvalue weighted by atomic mass is 19.4. The smallest absolute Gasteiger partial charge is 0.417 e. The highest BCUT2D eigenvalue weighted by molar-refractivity contribution is 5.88. The third-order valence-corrected chi connectivity index (χ3v) is 5.03. The third-order valence-electron chi connectivity index (χ3n) is 5.03. The summed E-state index contributed by atoms with van der Waals surface area (Å²) in [6.45, 7) is 1.13. The van der Waals surface area contributed by atoms with Crippen LogP contribution in [0.25, 0.3) is 0 Å². The number of aromatic carboxylic acids is 1. The van der Waals surface area contributed by atoms with Crippen molar-refractivity contribution in [3.63, 3.8) is 0 Å². The number of carboxylic acid groups (broad SMARTS) is 1. The minimum atomic E-state index is -4.41. The number of benzene rings is 1. The number of fused-ring (bicyclic) bond motifs is 2. The van der Waals surface area contributed by atoms with Crippen LogP contribution in [0.2, 0.25) is 0 Å². The van der Waals surface area contributed by atoms with Gasteiger partial charge in [0.05, 0.1) is 11.1 Å². The molecule has 0 radical (unpaired) electrons. The fraction of sp³-hybridized carbons (Fsp3) is 0.333. The van der Waals surface area contributed by atoms with Gasteiger partial charge in [-0.15, -0.1) is 0 Å². The van der Waals surface area contributed by atoms with Crippen LogP contribution in [-0.4, -0.2) is 22.6 Å². The van der Waals surface area contributed by atoms with Gasteiger partial charge in [0.25, 0.3) is 0 Å². The molecule has 4 rings (SSSR count). The monoisotopic (exact) mass is 348 g/mol. The van der Waals surface area contributed by atoms with Gasteiger partial charge < -0.3 is 10.0 Å². The Labute approximate surface area is 141 Å². The maximum atomic E-state index is 12.7. The van der Waals surface area contributed by atoms with E-state index in [-0.39, 0.29) is 11.0 Å². The van der Waals surface area contributed by atoms with Crippen molar-refractivity contribution < 1.29 is 23.1 Å². The molecule has 1 aromatic carbocycles. The van der Waals surface area contributed by atoms with Crippen LogP contribution >= 0.6 is 0 Å². The minimum absolute atomic E-state index is 0.0327. The van der Waals surface area contributed by atoms with Crippen molar-refractivity contribution >= 4 is 11.8 Å². The topological polar surface area (TPSA) is 53.4 Å². The zero-order chi connectivity index (χ0) is 17.8. The number of halogens is 3. The van der Waals surface area contributed by atoms with Crippen LogP contribution in [0.4, 0.5) is 19.0 Å². The molecule has 1 fully saturated rings. The Morgan fingerprint density at radius 3 is 2.52 bits per heavy atom. The summed E-state index contributed by atoms with van der Waals surface area (Å²) in [6.07, 6.45) is -1.58. The van der Waals surface area contributed by atoms with Crippen LogP contribution in [0.15, 0.2) is 36.5 Å². The van der Waals surface area contributed by atoms with E-state index >= 15 is 0 Å². The number of nitrogens with zero attached hydrogens (tertiary/aromatic N) is 2. The lowest BCUT2D eigenvalue weighted by Gasteiger charge is -2.36. The van der Waals surface area contributed by atoms with E-state index in [2.05, 4.69) is 4.98 Å². The maximum absolute atomic E-state index is 12.7. The minimum Gasteiger partial charge on any atom is -0.478 e. The van der Waals surface area contributed by atoms with E-state index < -0.39 is 17.7 Å². The van der Waals surface area contributed by atoms with Gasteiger partial charge in [-0.25, -0.2) is 9.78 Å². The Balaban J connectivity index is 1.67. The van der Waals surface area contributed by atoms with E-state index in [1.165, 1.54) is 6.07 Å². The van der Waals surface area contributed by atoms with Gasteiger partial charge in [-0.1, -0.05) is 6.07 Å². The van der Waals surface area contributed by atoms with Crippen molar-refractivity contribution in [3.8, 4) is 0 Å². The summed E-state index contributed by atoms with van der Waals surface area (Å²) in [6, 6.07) is 7.57. The molecule has 2 aliphatic rings. The molecule has 0 amide bonds. The second kappa shape index (κ2) is 5.21. The van der Waals surface area contributed by atoms with E-state index in [1.54, 1.807) is 12.1 Å². The third kappa shape index (κ3) is 2.73.